The van der Waals surface area contributed by atoms with E-state index in [1.807, 2.05) is 11.9 Å². The fraction of sp³-hybridized carbons (Fsp3) is 0.333. The summed E-state index contributed by atoms with van der Waals surface area (Å²) in [4.78, 5) is 2.03. The van der Waals surface area contributed by atoms with Gasteiger partial charge >= 0.3 is 16.6 Å². The van der Waals surface area contributed by atoms with Gasteiger partial charge in [0.2, 0.25) is 5.89 Å². The molecule has 0 unspecified atom stereocenters. The quantitative estimate of drug-likeness (QED) is 0.473. The number of rotatable bonds is 7. The van der Waals surface area contributed by atoms with Crippen LogP contribution < -0.4 is 4.31 Å². The molecule has 8 nitrogen and oxygen atoms in total. The van der Waals surface area contributed by atoms with Gasteiger partial charge in [0.05, 0.1) is 17.3 Å². The van der Waals surface area contributed by atoms with Crippen LogP contribution in [0.15, 0.2) is 46.9 Å². The molecule has 182 valence electrons. The maximum Gasteiger partial charge on any atom is 0.314 e. The molecule has 2 heterocycles. The molecule has 0 amide bonds. The van der Waals surface area contributed by atoms with E-state index in [1.54, 1.807) is 24.3 Å². The number of alkyl halides is 2. The number of halogens is 4. The van der Waals surface area contributed by atoms with E-state index in [-0.39, 0.29) is 23.1 Å². The molecule has 1 aliphatic rings. The van der Waals surface area contributed by atoms with Crippen LogP contribution in [0.2, 0.25) is 5.02 Å². The summed E-state index contributed by atoms with van der Waals surface area (Å²) < 4.78 is 73.7. The van der Waals surface area contributed by atoms with Crippen molar-refractivity contribution >= 4 is 27.5 Å². The Bertz CT molecular complexity index is 1250. The number of piperazine rings is 1. The third kappa shape index (κ3) is 5.19. The van der Waals surface area contributed by atoms with Gasteiger partial charge < -0.3 is 9.32 Å². The topological polar surface area (TPSA) is 82.8 Å². The highest BCUT2D eigenvalue weighted by atomic mass is 35.5. The Labute approximate surface area is 199 Å². The highest BCUT2D eigenvalue weighted by Crippen LogP contribution is 2.29. The predicted octanol–water partition coefficient (Wildman–Crippen LogP) is 3.97. The molecular weight excluding hydrogens is 495 g/mol. The Hall–Kier alpha value is -2.67. The number of benzene rings is 2. The molecule has 0 aliphatic carbocycles. The van der Waals surface area contributed by atoms with E-state index < -0.39 is 28.3 Å². The lowest BCUT2D eigenvalue weighted by molar-refractivity contribution is 0.116. The maximum absolute atomic E-state index is 13.8. The van der Waals surface area contributed by atoms with Crippen LogP contribution in [0.1, 0.15) is 17.9 Å². The summed E-state index contributed by atoms with van der Waals surface area (Å²) >= 11 is 5.94. The minimum atomic E-state index is -3.96. The molecule has 1 fully saturated rings. The number of hydrogen-bond acceptors (Lipinski definition) is 6. The van der Waals surface area contributed by atoms with Gasteiger partial charge in [-0.15, -0.1) is 10.2 Å². The van der Waals surface area contributed by atoms with E-state index >= 15 is 0 Å². The predicted molar refractivity (Wildman–Crippen MR) is 120 cm³/mol. The molecule has 0 N–H and O–H groups in total. The molecule has 0 atom stereocenters. The van der Waals surface area contributed by atoms with Crippen molar-refractivity contribution in [2.24, 2.45) is 0 Å². The summed E-state index contributed by atoms with van der Waals surface area (Å²) in [5.41, 5.74) is 1.21. The van der Waals surface area contributed by atoms with Crippen molar-refractivity contribution in [1.82, 2.24) is 19.4 Å². The van der Waals surface area contributed by atoms with Gasteiger partial charge in [-0.3, -0.25) is 4.31 Å². The molecule has 4 rings (SSSR count). The first kappa shape index (κ1) is 24.5. The molecule has 34 heavy (non-hydrogen) atoms. The summed E-state index contributed by atoms with van der Waals surface area (Å²) in [7, 11) is -2.05. The number of anilines is 1. The van der Waals surface area contributed by atoms with E-state index in [0.29, 0.717) is 37.3 Å². The minimum Gasteiger partial charge on any atom is -0.415 e. The Morgan fingerprint density at radius 3 is 2.35 bits per heavy atom. The smallest absolute Gasteiger partial charge is 0.314 e. The molecule has 3 aromatic rings. The maximum atomic E-state index is 13.8. The zero-order valence-corrected chi connectivity index (χ0v) is 19.6. The first-order valence-corrected chi connectivity index (χ1v) is 12.0. The largest absolute Gasteiger partial charge is 0.415 e. The molecule has 1 saturated heterocycles. The lowest BCUT2D eigenvalue weighted by Gasteiger charge is -2.36. The van der Waals surface area contributed by atoms with E-state index in [9.17, 15) is 21.6 Å². The van der Waals surface area contributed by atoms with Crippen LogP contribution >= 0.6 is 11.6 Å². The van der Waals surface area contributed by atoms with Gasteiger partial charge in [0.15, 0.2) is 0 Å². The fourth-order valence-electron chi connectivity index (χ4n) is 3.46. The summed E-state index contributed by atoms with van der Waals surface area (Å²) in [6, 6.07) is 10.1. The zero-order valence-electron chi connectivity index (χ0n) is 18.0. The van der Waals surface area contributed by atoms with Gasteiger partial charge in [0.1, 0.15) is 5.82 Å². The summed E-state index contributed by atoms with van der Waals surface area (Å²) in [5, 5.41) is 6.71. The molecule has 0 bridgehead atoms. The van der Waals surface area contributed by atoms with Crippen molar-refractivity contribution in [3.63, 3.8) is 0 Å². The second kappa shape index (κ2) is 9.90. The molecule has 0 saturated carbocycles. The van der Waals surface area contributed by atoms with Crippen molar-refractivity contribution in [3.8, 4) is 11.5 Å². The highest BCUT2D eigenvalue weighted by Gasteiger charge is 2.32. The van der Waals surface area contributed by atoms with Crippen molar-refractivity contribution < 1.29 is 26.0 Å². The Kier molecular flexibility index (Phi) is 7.12. The molecule has 1 aliphatic heterocycles. The van der Waals surface area contributed by atoms with Crippen LogP contribution in [0.5, 0.6) is 0 Å². The van der Waals surface area contributed by atoms with Crippen LogP contribution in [0.3, 0.4) is 0 Å². The second-order valence-electron chi connectivity index (χ2n) is 7.76. The standard InChI is InChI=1S/C21H21ClF3N5O3S/c1-28-8-10-29(11-9-28)34(31,32)30(16-6-7-18(23)17(22)12-16)13-14-2-4-15(5-3-14)20-26-27-21(33-20)19(24)25/h2-7,12,19H,8-11,13H2,1H3. The Morgan fingerprint density at radius 2 is 1.76 bits per heavy atom. The number of nitrogens with zero attached hydrogens (tertiary/aromatic N) is 5. The number of likely N-dealkylation sites (N-methyl/N-ethyl adjacent to an activating group) is 1. The third-order valence-corrected chi connectivity index (χ3v) is 7.62. The van der Waals surface area contributed by atoms with E-state index in [2.05, 4.69) is 10.2 Å². The van der Waals surface area contributed by atoms with E-state index in [4.69, 9.17) is 16.0 Å². The molecule has 0 radical (unpaired) electrons. The summed E-state index contributed by atoms with van der Waals surface area (Å²) in [6.07, 6.45) is -2.88. The molecule has 2 aromatic carbocycles. The van der Waals surface area contributed by atoms with Crippen molar-refractivity contribution in [1.29, 1.82) is 0 Å². The molecule has 1 aromatic heterocycles. The minimum absolute atomic E-state index is 0.0664. The molecule has 0 spiro atoms. The number of hydrogen-bond donors (Lipinski definition) is 0. The van der Waals surface area contributed by atoms with Crippen LogP contribution in [0, 0.1) is 5.82 Å². The SMILES string of the molecule is CN1CCN(S(=O)(=O)N(Cc2ccc(-c3nnc(C(F)F)o3)cc2)c2ccc(F)c(Cl)c2)CC1. The fourth-order valence-corrected chi connectivity index (χ4v) is 5.23. The monoisotopic (exact) mass is 515 g/mol. The first-order valence-electron chi connectivity index (χ1n) is 10.3. The zero-order chi connectivity index (χ0) is 24.5. The third-order valence-electron chi connectivity index (χ3n) is 5.41. The Balaban J connectivity index is 1.63. The van der Waals surface area contributed by atoms with Gasteiger partial charge in [-0.1, -0.05) is 23.7 Å². The van der Waals surface area contributed by atoms with Crippen LogP contribution in [-0.2, 0) is 16.8 Å². The van der Waals surface area contributed by atoms with Crippen molar-refractivity contribution in [2.45, 2.75) is 13.0 Å². The molecular formula is C21H21ClF3N5O3S. The normalized spacial score (nSPS) is 15.7. The Morgan fingerprint density at radius 1 is 1.09 bits per heavy atom. The van der Waals surface area contributed by atoms with Crippen LogP contribution in [0.25, 0.3) is 11.5 Å². The summed E-state index contributed by atoms with van der Waals surface area (Å²) in [5.74, 6) is -1.51. The number of aromatic nitrogens is 2. The van der Waals surface area contributed by atoms with Gasteiger partial charge in [-0.25, -0.2) is 4.39 Å². The van der Waals surface area contributed by atoms with E-state index in [0.717, 1.165) is 6.07 Å². The van der Waals surface area contributed by atoms with Crippen LogP contribution in [0.4, 0.5) is 18.9 Å². The van der Waals surface area contributed by atoms with Gasteiger partial charge in [0.25, 0.3) is 5.89 Å². The van der Waals surface area contributed by atoms with Gasteiger partial charge in [-0.2, -0.15) is 21.5 Å². The average Bonchev–Trinajstić information content (AvgIpc) is 3.31. The van der Waals surface area contributed by atoms with Gasteiger partial charge in [0, 0.05) is 31.7 Å². The van der Waals surface area contributed by atoms with Crippen molar-refractivity contribution in [2.75, 3.05) is 37.5 Å². The summed E-state index contributed by atoms with van der Waals surface area (Å²) in [6.45, 7) is 1.72. The average molecular weight is 516 g/mol. The first-order chi connectivity index (χ1) is 16.1. The van der Waals surface area contributed by atoms with Crippen LogP contribution in [-0.4, -0.2) is 61.0 Å². The van der Waals surface area contributed by atoms with Crippen molar-refractivity contribution in [3.05, 3.63) is 64.8 Å². The molecule has 13 heteroatoms. The van der Waals surface area contributed by atoms with Gasteiger partial charge in [-0.05, 0) is 42.9 Å². The lowest BCUT2D eigenvalue weighted by Crippen LogP contribution is -2.52. The highest BCUT2D eigenvalue weighted by molar-refractivity contribution is 7.90. The lowest BCUT2D eigenvalue weighted by atomic mass is 10.1. The second-order valence-corrected chi connectivity index (χ2v) is 10.0. The van der Waals surface area contributed by atoms with E-state index in [1.165, 1.54) is 20.7 Å².